The molecule has 0 fully saturated rings. The van der Waals surface area contributed by atoms with Gasteiger partial charge in [0.2, 0.25) is 0 Å². The van der Waals surface area contributed by atoms with E-state index in [0.717, 1.165) is 38.5 Å². The van der Waals surface area contributed by atoms with E-state index in [4.69, 9.17) is 9.16 Å². The Kier molecular flexibility index (Phi) is 18.2. The fraction of sp³-hybridized carbons (Fsp3) is 0.931. The van der Waals surface area contributed by atoms with Crippen molar-refractivity contribution in [3.8, 4) is 0 Å². The van der Waals surface area contributed by atoms with E-state index >= 15 is 0 Å². The molecule has 1 unspecified atom stereocenters. The summed E-state index contributed by atoms with van der Waals surface area (Å²) in [6.07, 6.45) is 17.5. The van der Waals surface area contributed by atoms with Crippen molar-refractivity contribution < 1.29 is 18.8 Å². The topological polar surface area (TPSA) is 52.6 Å². The van der Waals surface area contributed by atoms with Crippen LogP contribution >= 0.6 is 0 Å². The van der Waals surface area contributed by atoms with E-state index in [1.54, 1.807) is 0 Å². The highest BCUT2D eigenvalue weighted by molar-refractivity contribution is 6.74. The van der Waals surface area contributed by atoms with Crippen LogP contribution in [0.1, 0.15) is 137 Å². The number of Topliss-reactive ketones (excluding diaryl/α,β-unsaturated/α-hetero) is 1. The van der Waals surface area contributed by atoms with Crippen LogP contribution in [0, 0.1) is 5.92 Å². The summed E-state index contributed by atoms with van der Waals surface area (Å²) in [5.74, 6) is -1.02. The normalized spacial score (nSPS) is 14.1. The molecule has 0 rings (SSSR count). The maximum atomic E-state index is 13.2. The van der Waals surface area contributed by atoms with Gasteiger partial charge in [0.25, 0.3) is 0 Å². The number of hydrogen-bond acceptors (Lipinski definition) is 4. The SMILES string of the molecule is CCCCCCCCCCC[C@@H](CC(=O)C(CCCCCC)C(=O)OC)O[Si](C)(C)C(C)(C)C. The van der Waals surface area contributed by atoms with Gasteiger partial charge in [-0.25, -0.2) is 0 Å². The number of methoxy groups -OCH3 is 1. The van der Waals surface area contributed by atoms with Gasteiger partial charge in [0.05, 0.1) is 13.2 Å². The molecular formula is C29H58O4Si. The van der Waals surface area contributed by atoms with E-state index in [1.165, 1.54) is 58.5 Å². The molecule has 2 atom stereocenters. The molecule has 34 heavy (non-hydrogen) atoms. The second-order valence-electron chi connectivity index (χ2n) is 11.7. The molecule has 0 heterocycles. The molecule has 0 saturated heterocycles. The van der Waals surface area contributed by atoms with Crippen molar-refractivity contribution in [3.63, 3.8) is 0 Å². The Labute approximate surface area is 213 Å². The minimum atomic E-state index is -2.00. The summed E-state index contributed by atoms with van der Waals surface area (Å²) in [6, 6.07) is 0. The molecule has 0 aliphatic heterocycles. The average molecular weight is 499 g/mol. The van der Waals surface area contributed by atoms with Crippen LogP contribution in [0.25, 0.3) is 0 Å². The third kappa shape index (κ3) is 14.7. The Morgan fingerprint density at radius 1 is 0.735 bits per heavy atom. The quantitative estimate of drug-likeness (QED) is 0.0685. The van der Waals surface area contributed by atoms with Crippen LogP contribution in [0.3, 0.4) is 0 Å². The zero-order valence-corrected chi connectivity index (χ0v) is 25.1. The van der Waals surface area contributed by atoms with E-state index < -0.39 is 14.2 Å². The molecule has 0 spiro atoms. The van der Waals surface area contributed by atoms with E-state index in [2.05, 4.69) is 47.7 Å². The van der Waals surface area contributed by atoms with Crippen LogP contribution in [0.15, 0.2) is 0 Å². The zero-order chi connectivity index (χ0) is 26.0. The highest BCUT2D eigenvalue weighted by atomic mass is 28.4. The zero-order valence-electron chi connectivity index (χ0n) is 24.1. The number of unbranched alkanes of at least 4 members (excludes halogenated alkanes) is 11. The summed E-state index contributed by atoms with van der Waals surface area (Å²) < 4.78 is 11.7. The predicted octanol–water partition coefficient (Wildman–Crippen LogP) is 9.02. The van der Waals surface area contributed by atoms with E-state index in [1.807, 2.05) is 0 Å². The van der Waals surface area contributed by atoms with Crippen molar-refractivity contribution in [1.29, 1.82) is 0 Å². The number of ketones is 1. The average Bonchev–Trinajstić information content (AvgIpc) is 2.76. The molecule has 0 aliphatic carbocycles. The van der Waals surface area contributed by atoms with E-state index in [-0.39, 0.29) is 22.9 Å². The summed E-state index contributed by atoms with van der Waals surface area (Å²) >= 11 is 0. The van der Waals surface area contributed by atoms with Crippen LogP contribution in [0.5, 0.6) is 0 Å². The third-order valence-corrected chi connectivity index (χ3v) is 12.1. The minimum Gasteiger partial charge on any atom is -0.468 e. The van der Waals surface area contributed by atoms with Gasteiger partial charge in [-0.2, -0.15) is 0 Å². The van der Waals surface area contributed by atoms with Crippen molar-refractivity contribution in [2.45, 2.75) is 162 Å². The second kappa shape index (κ2) is 18.6. The molecule has 0 radical (unpaired) electrons. The Morgan fingerprint density at radius 3 is 1.65 bits per heavy atom. The monoisotopic (exact) mass is 498 g/mol. The number of rotatable bonds is 21. The molecular weight excluding hydrogens is 440 g/mol. The first-order valence-corrected chi connectivity index (χ1v) is 17.2. The van der Waals surface area contributed by atoms with Gasteiger partial charge in [-0.15, -0.1) is 0 Å². The third-order valence-electron chi connectivity index (χ3n) is 7.55. The maximum absolute atomic E-state index is 13.2. The highest BCUT2D eigenvalue weighted by Gasteiger charge is 2.40. The lowest BCUT2D eigenvalue weighted by molar-refractivity contribution is -0.150. The van der Waals surface area contributed by atoms with E-state index in [9.17, 15) is 9.59 Å². The van der Waals surface area contributed by atoms with Crippen molar-refractivity contribution in [2.75, 3.05) is 7.11 Å². The Bertz CT molecular complexity index is 539. The molecule has 202 valence electrons. The molecule has 0 bridgehead atoms. The molecule has 0 N–H and O–H groups in total. The lowest BCUT2D eigenvalue weighted by Crippen LogP contribution is -2.45. The molecule has 0 aromatic rings. The molecule has 0 aromatic carbocycles. The predicted molar refractivity (Wildman–Crippen MR) is 148 cm³/mol. The summed E-state index contributed by atoms with van der Waals surface area (Å²) in [7, 11) is -0.614. The van der Waals surface area contributed by atoms with E-state index in [0.29, 0.717) is 12.8 Å². The number of esters is 1. The minimum absolute atomic E-state index is 0.00276. The number of carbonyl (C=O) groups excluding carboxylic acids is 2. The fourth-order valence-electron chi connectivity index (χ4n) is 4.17. The van der Waals surface area contributed by atoms with Crippen LogP contribution < -0.4 is 0 Å². The summed E-state index contributed by atoms with van der Waals surface area (Å²) in [5.41, 5.74) is 0. The molecule has 0 amide bonds. The lowest BCUT2D eigenvalue weighted by atomic mass is 9.92. The smallest absolute Gasteiger partial charge is 0.316 e. The first kappa shape index (κ1) is 33.3. The maximum Gasteiger partial charge on any atom is 0.316 e. The van der Waals surface area contributed by atoms with Gasteiger partial charge in [-0.3, -0.25) is 9.59 Å². The number of ether oxygens (including phenoxy) is 1. The molecule has 0 saturated carbocycles. The van der Waals surface area contributed by atoms with Gasteiger partial charge in [0.15, 0.2) is 8.32 Å². The number of carbonyl (C=O) groups is 2. The number of hydrogen-bond donors (Lipinski definition) is 0. The molecule has 0 aromatic heterocycles. The van der Waals surface area contributed by atoms with Crippen LogP contribution in [0.2, 0.25) is 18.1 Å². The Balaban J connectivity index is 4.95. The fourth-order valence-corrected chi connectivity index (χ4v) is 5.56. The first-order valence-electron chi connectivity index (χ1n) is 14.3. The largest absolute Gasteiger partial charge is 0.468 e. The van der Waals surface area contributed by atoms with Crippen LogP contribution in [0.4, 0.5) is 0 Å². The van der Waals surface area contributed by atoms with Gasteiger partial charge in [0.1, 0.15) is 11.7 Å². The van der Waals surface area contributed by atoms with Gasteiger partial charge < -0.3 is 9.16 Å². The van der Waals surface area contributed by atoms with Gasteiger partial charge in [-0.05, 0) is 31.0 Å². The summed E-state index contributed by atoms with van der Waals surface area (Å²) in [6.45, 7) is 15.6. The van der Waals surface area contributed by atoms with Crippen molar-refractivity contribution in [2.24, 2.45) is 5.92 Å². The van der Waals surface area contributed by atoms with Gasteiger partial charge >= 0.3 is 5.97 Å². The standard InChI is InChI=1S/C29H58O4Si/c1-9-11-13-15-16-17-18-19-20-22-25(33-34(7,8)29(3,4)5)24-27(30)26(28(31)32-6)23-21-14-12-10-2/h25-26H,9-24H2,1-8H3/t25-,26?/m0/s1. The first-order chi connectivity index (χ1) is 16.0. The van der Waals surface area contributed by atoms with Crippen molar-refractivity contribution >= 4 is 20.1 Å². The molecule has 5 heteroatoms. The van der Waals surface area contributed by atoms with Crippen molar-refractivity contribution in [1.82, 2.24) is 0 Å². The highest BCUT2D eigenvalue weighted by Crippen LogP contribution is 2.38. The molecule has 0 aliphatic rings. The van der Waals surface area contributed by atoms with Gasteiger partial charge in [-0.1, -0.05) is 118 Å². The Morgan fingerprint density at radius 2 is 1.18 bits per heavy atom. The van der Waals surface area contributed by atoms with Crippen LogP contribution in [-0.2, 0) is 18.8 Å². The van der Waals surface area contributed by atoms with Crippen molar-refractivity contribution in [3.05, 3.63) is 0 Å². The second-order valence-corrected chi connectivity index (χ2v) is 16.5. The summed E-state index contributed by atoms with van der Waals surface area (Å²) in [5, 5.41) is 0.0920. The van der Waals surface area contributed by atoms with Crippen LogP contribution in [-0.4, -0.2) is 33.3 Å². The Hall–Kier alpha value is -0.683. The molecule has 4 nitrogen and oxygen atoms in total. The summed E-state index contributed by atoms with van der Waals surface area (Å²) in [4.78, 5) is 25.6. The van der Waals surface area contributed by atoms with Gasteiger partial charge in [0, 0.05) is 6.42 Å². The lowest BCUT2D eigenvalue weighted by Gasteiger charge is -2.39.